The number of fused-ring (bicyclic) bond motifs is 1. The summed E-state index contributed by atoms with van der Waals surface area (Å²) >= 11 is 12.3. The zero-order valence-corrected chi connectivity index (χ0v) is 18.0. The average molecular weight is 453 g/mol. The maximum atomic E-state index is 13.6. The van der Waals surface area contributed by atoms with Crippen LogP contribution in [0, 0.1) is 12.8 Å². The van der Waals surface area contributed by atoms with Crippen molar-refractivity contribution in [2.75, 3.05) is 9.96 Å². The number of amides is 2. The number of hydrogen-bond donors (Lipinski definition) is 0. The lowest BCUT2D eigenvalue weighted by Crippen LogP contribution is -2.37. The maximum Gasteiger partial charge on any atom is 0.266 e. The predicted molar refractivity (Wildman–Crippen MR) is 120 cm³/mol. The number of carbonyl (C=O) groups excluding carboxylic acids is 2. The first-order valence-corrected chi connectivity index (χ1v) is 10.6. The summed E-state index contributed by atoms with van der Waals surface area (Å²) in [7, 11) is 0. The minimum atomic E-state index is -0.939. The van der Waals surface area contributed by atoms with E-state index in [1.54, 1.807) is 17.2 Å². The second-order valence-corrected chi connectivity index (χ2v) is 8.52. The van der Waals surface area contributed by atoms with E-state index in [0.29, 0.717) is 10.7 Å². The minimum Gasteiger partial charge on any atom is -0.273 e. The number of hydroxylamine groups is 1. The fourth-order valence-electron chi connectivity index (χ4n) is 4.22. The summed E-state index contributed by atoms with van der Waals surface area (Å²) in [6.45, 7) is 2.00. The van der Waals surface area contributed by atoms with Gasteiger partial charge in [0.1, 0.15) is 5.92 Å². The summed E-state index contributed by atoms with van der Waals surface area (Å²) in [4.78, 5) is 34.1. The number of nitrogens with zero attached hydrogens (tertiary/aromatic N) is 2. The molecule has 2 heterocycles. The van der Waals surface area contributed by atoms with Gasteiger partial charge in [-0.15, -0.1) is 0 Å². The van der Waals surface area contributed by atoms with Gasteiger partial charge in [0.25, 0.3) is 5.91 Å². The van der Waals surface area contributed by atoms with Crippen LogP contribution in [0.4, 0.5) is 11.4 Å². The van der Waals surface area contributed by atoms with Crippen LogP contribution < -0.4 is 9.96 Å². The van der Waals surface area contributed by atoms with Gasteiger partial charge in [0.05, 0.1) is 22.4 Å². The van der Waals surface area contributed by atoms with E-state index in [1.165, 1.54) is 6.07 Å². The van der Waals surface area contributed by atoms with Gasteiger partial charge >= 0.3 is 0 Å². The molecule has 2 aliphatic rings. The van der Waals surface area contributed by atoms with Crippen LogP contribution in [0.2, 0.25) is 10.0 Å². The Balaban J connectivity index is 1.59. The Hall–Kier alpha value is -2.86. The summed E-state index contributed by atoms with van der Waals surface area (Å²) in [6.07, 6.45) is -0.939. The van der Waals surface area contributed by atoms with Crippen molar-refractivity contribution in [2.45, 2.75) is 19.1 Å². The van der Waals surface area contributed by atoms with Crippen LogP contribution in [0.3, 0.4) is 0 Å². The monoisotopic (exact) mass is 452 g/mol. The Kier molecular flexibility index (Phi) is 4.97. The molecule has 5 rings (SSSR count). The highest BCUT2D eigenvalue weighted by Crippen LogP contribution is 2.48. The molecule has 0 saturated carbocycles. The lowest BCUT2D eigenvalue weighted by molar-refractivity contribution is -0.126. The van der Waals surface area contributed by atoms with Crippen LogP contribution in [0.25, 0.3) is 0 Å². The Morgan fingerprint density at radius 3 is 2.26 bits per heavy atom. The largest absolute Gasteiger partial charge is 0.273 e. The van der Waals surface area contributed by atoms with E-state index in [-0.39, 0.29) is 10.9 Å². The van der Waals surface area contributed by atoms with Crippen molar-refractivity contribution in [1.29, 1.82) is 0 Å². The van der Waals surface area contributed by atoms with E-state index in [9.17, 15) is 9.59 Å². The van der Waals surface area contributed by atoms with Crippen molar-refractivity contribution in [3.8, 4) is 0 Å². The first-order valence-electron chi connectivity index (χ1n) is 9.86. The smallest absolute Gasteiger partial charge is 0.266 e. The molecule has 2 aliphatic heterocycles. The normalized spacial score (nSPS) is 22.9. The number of carbonyl (C=O) groups is 2. The Morgan fingerprint density at radius 1 is 0.871 bits per heavy atom. The number of imide groups is 1. The van der Waals surface area contributed by atoms with Crippen molar-refractivity contribution in [2.24, 2.45) is 5.92 Å². The van der Waals surface area contributed by atoms with Gasteiger partial charge in [0.2, 0.25) is 5.91 Å². The van der Waals surface area contributed by atoms with E-state index >= 15 is 0 Å². The second-order valence-electron chi connectivity index (χ2n) is 7.68. The molecule has 0 aromatic heterocycles. The Morgan fingerprint density at radius 2 is 1.58 bits per heavy atom. The van der Waals surface area contributed by atoms with Gasteiger partial charge in [0, 0.05) is 5.02 Å². The van der Waals surface area contributed by atoms with Gasteiger partial charge in [-0.3, -0.25) is 14.4 Å². The lowest BCUT2D eigenvalue weighted by atomic mass is 9.90. The predicted octanol–water partition coefficient (Wildman–Crippen LogP) is 5.35. The molecule has 3 atom stereocenters. The molecule has 5 nitrogen and oxygen atoms in total. The van der Waals surface area contributed by atoms with E-state index in [4.69, 9.17) is 28.0 Å². The number of halogens is 2. The minimum absolute atomic E-state index is 0.237. The molecule has 0 bridgehead atoms. The highest BCUT2D eigenvalue weighted by molar-refractivity contribution is 6.38. The summed E-state index contributed by atoms with van der Waals surface area (Å²) in [5, 5.41) is 2.34. The highest BCUT2D eigenvalue weighted by atomic mass is 35.5. The molecule has 0 aliphatic carbocycles. The fraction of sp³-hybridized carbons (Fsp3) is 0.167. The molecule has 3 aromatic rings. The van der Waals surface area contributed by atoms with E-state index in [0.717, 1.165) is 21.7 Å². The molecule has 0 radical (unpaired) electrons. The Bertz CT molecular complexity index is 1170. The number of rotatable bonds is 3. The lowest BCUT2D eigenvalue weighted by Gasteiger charge is -2.29. The van der Waals surface area contributed by atoms with Crippen molar-refractivity contribution in [3.05, 3.63) is 94.0 Å². The van der Waals surface area contributed by atoms with Crippen molar-refractivity contribution < 1.29 is 14.4 Å². The van der Waals surface area contributed by atoms with Crippen LogP contribution in [0.5, 0.6) is 0 Å². The Labute approximate surface area is 189 Å². The molecular weight excluding hydrogens is 435 g/mol. The summed E-state index contributed by atoms with van der Waals surface area (Å²) in [5.41, 5.74) is 3.09. The summed E-state index contributed by atoms with van der Waals surface area (Å²) in [5.74, 6) is -1.49. The molecule has 156 valence electrons. The van der Waals surface area contributed by atoms with Gasteiger partial charge in [-0.05, 0) is 42.8 Å². The molecular formula is C24H18Cl2N2O3. The number of para-hydroxylation sites is 1. The summed E-state index contributed by atoms with van der Waals surface area (Å²) in [6, 6.07) is 21.6. The van der Waals surface area contributed by atoms with E-state index < -0.39 is 24.0 Å². The molecule has 0 N–H and O–H groups in total. The number of benzene rings is 3. The standard InChI is InChI=1S/C24H18Cl2N2O3/c1-14-7-9-15(10-8-14)21-20-22(31-28(21)17-5-3-2-4-6-17)24(30)27(23(20)29)19-12-11-16(25)13-18(19)26/h2-13,20-22H,1H3/t20-,21-,22-/m0/s1. The third kappa shape index (κ3) is 3.30. The van der Waals surface area contributed by atoms with Gasteiger partial charge in [0.15, 0.2) is 6.10 Å². The van der Waals surface area contributed by atoms with Gasteiger partial charge in [-0.25, -0.2) is 9.96 Å². The molecule has 0 unspecified atom stereocenters. The zero-order chi connectivity index (χ0) is 21.7. The first-order chi connectivity index (χ1) is 15.0. The average Bonchev–Trinajstić information content (AvgIpc) is 3.26. The maximum absolute atomic E-state index is 13.6. The van der Waals surface area contributed by atoms with Crippen LogP contribution in [0.1, 0.15) is 17.2 Å². The van der Waals surface area contributed by atoms with Gasteiger partial charge < -0.3 is 0 Å². The van der Waals surface area contributed by atoms with Crippen molar-refractivity contribution in [1.82, 2.24) is 0 Å². The third-order valence-corrected chi connectivity index (χ3v) is 6.23. The van der Waals surface area contributed by atoms with Crippen LogP contribution in [-0.4, -0.2) is 17.9 Å². The molecule has 2 saturated heterocycles. The van der Waals surface area contributed by atoms with Crippen LogP contribution in [0.15, 0.2) is 72.8 Å². The second kappa shape index (κ2) is 7.68. The first kappa shape index (κ1) is 20.1. The zero-order valence-electron chi connectivity index (χ0n) is 16.5. The highest BCUT2D eigenvalue weighted by Gasteiger charge is 2.60. The molecule has 3 aromatic carbocycles. The van der Waals surface area contributed by atoms with Gasteiger partial charge in [-0.1, -0.05) is 71.2 Å². The quantitative estimate of drug-likeness (QED) is 0.502. The fourth-order valence-corrected chi connectivity index (χ4v) is 4.71. The molecule has 31 heavy (non-hydrogen) atoms. The number of aryl methyl sites for hydroxylation is 1. The van der Waals surface area contributed by atoms with Crippen molar-refractivity contribution in [3.63, 3.8) is 0 Å². The number of anilines is 2. The molecule has 0 spiro atoms. The number of hydrogen-bond acceptors (Lipinski definition) is 4. The molecule has 2 fully saturated rings. The van der Waals surface area contributed by atoms with Gasteiger partial charge in [-0.2, -0.15) is 0 Å². The molecule has 2 amide bonds. The summed E-state index contributed by atoms with van der Waals surface area (Å²) < 4.78 is 0. The van der Waals surface area contributed by atoms with Crippen LogP contribution in [-0.2, 0) is 14.4 Å². The SMILES string of the molecule is Cc1ccc([C@H]2[C@@H]3C(=O)N(c4ccc(Cl)cc4Cl)C(=O)[C@H]3ON2c2ccccc2)cc1. The van der Waals surface area contributed by atoms with Crippen molar-refractivity contribution >= 4 is 46.4 Å². The molecule has 7 heteroatoms. The van der Waals surface area contributed by atoms with Crippen LogP contribution >= 0.6 is 23.2 Å². The van der Waals surface area contributed by atoms with E-state index in [2.05, 4.69) is 0 Å². The topological polar surface area (TPSA) is 49.9 Å². The third-order valence-electron chi connectivity index (χ3n) is 5.70. The van der Waals surface area contributed by atoms with E-state index in [1.807, 2.05) is 61.5 Å².